The van der Waals surface area contributed by atoms with Gasteiger partial charge in [-0.05, 0) is 13.8 Å². The molecule has 2 aromatic rings. The standard InChI is InChI=1S/C9H8N4O2.C5H8O2/c14-6(8-10-1-2-11-8)5-7(15)9-12-3-4-13-9;1-4(6)3-5(2)7/h1-4H,5H2,(H,10,11)(H,12,13);3H2,1-2H3. The number of H-pyrrole nitrogens is 2. The first-order valence-electron chi connectivity index (χ1n) is 6.44. The minimum absolute atomic E-state index is 0.0625. The average Bonchev–Trinajstić information content (AvgIpc) is 3.11. The van der Waals surface area contributed by atoms with Crippen LogP contribution < -0.4 is 0 Å². The fourth-order valence-corrected chi connectivity index (χ4v) is 1.50. The average molecular weight is 304 g/mol. The van der Waals surface area contributed by atoms with E-state index in [4.69, 9.17) is 0 Å². The molecular formula is C14H16N4O4. The zero-order valence-electron chi connectivity index (χ0n) is 12.3. The summed E-state index contributed by atoms with van der Waals surface area (Å²) in [5, 5.41) is 0. The molecule has 0 aromatic carbocycles. The van der Waals surface area contributed by atoms with Gasteiger partial charge < -0.3 is 9.97 Å². The predicted molar refractivity (Wildman–Crippen MR) is 76.4 cm³/mol. The summed E-state index contributed by atoms with van der Waals surface area (Å²) >= 11 is 0. The molecule has 0 unspecified atom stereocenters. The van der Waals surface area contributed by atoms with Gasteiger partial charge in [0.15, 0.2) is 11.6 Å². The summed E-state index contributed by atoms with van der Waals surface area (Å²) in [5.74, 6) is -0.437. The molecule has 2 rings (SSSR count). The largest absolute Gasteiger partial charge is 0.342 e. The number of carbonyl (C=O) groups is 4. The lowest BCUT2D eigenvalue weighted by atomic mass is 10.2. The normalized spacial score (nSPS) is 9.55. The van der Waals surface area contributed by atoms with Gasteiger partial charge in [0.2, 0.25) is 11.6 Å². The fourth-order valence-electron chi connectivity index (χ4n) is 1.50. The summed E-state index contributed by atoms with van der Waals surface area (Å²) in [6, 6.07) is 0. The van der Waals surface area contributed by atoms with Crippen molar-refractivity contribution in [1.82, 2.24) is 19.9 Å². The van der Waals surface area contributed by atoms with E-state index >= 15 is 0 Å². The molecule has 0 atom stereocenters. The predicted octanol–water partition coefficient (Wildman–Crippen LogP) is 1.14. The monoisotopic (exact) mass is 304 g/mol. The Morgan fingerprint density at radius 1 is 0.818 bits per heavy atom. The van der Waals surface area contributed by atoms with E-state index in [0.29, 0.717) is 0 Å². The number of Topliss-reactive ketones (excluding diaryl/α,β-unsaturated/α-hetero) is 4. The zero-order valence-corrected chi connectivity index (χ0v) is 12.3. The van der Waals surface area contributed by atoms with Gasteiger partial charge >= 0.3 is 0 Å². The van der Waals surface area contributed by atoms with E-state index < -0.39 is 0 Å². The van der Waals surface area contributed by atoms with Crippen LogP contribution in [0.4, 0.5) is 0 Å². The lowest BCUT2D eigenvalue weighted by Crippen LogP contribution is -2.11. The van der Waals surface area contributed by atoms with Gasteiger partial charge in [0.1, 0.15) is 11.6 Å². The van der Waals surface area contributed by atoms with Gasteiger partial charge in [0.25, 0.3) is 0 Å². The van der Waals surface area contributed by atoms with Crippen LogP contribution in [0.1, 0.15) is 47.9 Å². The first-order valence-corrected chi connectivity index (χ1v) is 6.44. The fraction of sp³-hybridized carbons (Fsp3) is 0.286. The third kappa shape index (κ3) is 6.04. The van der Waals surface area contributed by atoms with Crippen LogP contribution in [0.3, 0.4) is 0 Å². The highest BCUT2D eigenvalue weighted by atomic mass is 16.2. The molecule has 8 heteroatoms. The molecule has 0 amide bonds. The van der Waals surface area contributed by atoms with Crippen molar-refractivity contribution in [3.63, 3.8) is 0 Å². The molecule has 116 valence electrons. The van der Waals surface area contributed by atoms with Crippen molar-refractivity contribution in [2.45, 2.75) is 26.7 Å². The third-order valence-corrected chi connectivity index (χ3v) is 2.34. The van der Waals surface area contributed by atoms with Gasteiger partial charge in [0, 0.05) is 24.8 Å². The van der Waals surface area contributed by atoms with Crippen molar-refractivity contribution in [3.8, 4) is 0 Å². The molecule has 0 fully saturated rings. The summed E-state index contributed by atoms with van der Waals surface area (Å²) in [6.07, 6.45) is 5.84. The van der Waals surface area contributed by atoms with Crippen LogP contribution in [0.2, 0.25) is 0 Å². The number of ketones is 4. The Morgan fingerprint density at radius 3 is 1.45 bits per heavy atom. The second-order valence-electron chi connectivity index (χ2n) is 4.48. The minimum atomic E-state index is -0.346. The molecule has 22 heavy (non-hydrogen) atoms. The summed E-state index contributed by atoms with van der Waals surface area (Å²) in [4.78, 5) is 55.8. The van der Waals surface area contributed by atoms with E-state index in [9.17, 15) is 19.2 Å². The maximum Gasteiger partial charge on any atom is 0.205 e. The maximum absolute atomic E-state index is 11.5. The van der Waals surface area contributed by atoms with Crippen molar-refractivity contribution < 1.29 is 19.2 Å². The molecular weight excluding hydrogens is 288 g/mol. The van der Waals surface area contributed by atoms with Crippen molar-refractivity contribution in [1.29, 1.82) is 0 Å². The van der Waals surface area contributed by atoms with Crippen molar-refractivity contribution in [3.05, 3.63) is 36.4 Å². The van der Waals surface area contributed by atoms with Gasteiger partial charge in [0.05, 0.1) is 12.8 Å². The molecule has 0 aliphatic carbocycles. The summed E-state index contributed by atoms with van der Waals surface area (Å²) in [5.41, 5.74) is 0. The topological polar surface area (TPSA) is 126 Å². The Hall–Kier alpha value is -2.90. The lowest BCUT2D eigenvalue weighted by molar-refractivity contribution is -0.124. The molecule has 0 radical (unpaired) electrons. The summed E-state index contributed by atoms with van der Waals surface area (Å²) in [7, 11) is 0. The molecule has 2 aromatic heterocycles. The quantitative estimate of drug-likeness (QED) is 0.609. The molecule has 0 bridgehead atoms. The van der Waals surface area contributed by atoms with E-state index in [1.807, 2.05) is 0 Å². The van der Waals surface area contributed by atoms with Crippen LogP contribution in [0.15, 0.2) is 24.8 Å². The Labute approximate surface area is 126 Å². The number of carbonyl (C=O) groups excluding carboxylic acids is 4. The number of rotatable bonds is 6. The van der Waals surface area contributed by atoms with Crippen LogP contribution in [0, 0.1) is 0 Å². The van der Waals surface area contributed by atoms with E-state index in [0.717, 1.165) is 0 Å². The highest BCUT2D eigenvalue weighted by Gasteiger charge is 2.16. The minimum Gasteiger partial charge on any atom is -0.342 e. The SMILES string of the molecule is CC(=O)CC(C)=O.O=C(CC(=O)c1ncc[nH]1)c1ncc[nH]1. The maximum atomic E-state index is 11.5. The summed E-state index contributed by atoms with van der Waals surface area (Å²) in [6.45, 7) is 2.81. The first-order chi connectivity index (χ1) is 10.4. The van der Waals surface area contributed by atoms with Gasteiger partial charge in [-0.1, -0.05) is 0 Å². The highest BCUT2D eigenvalue weighted by molar-refractivity contribution is 6.10. The van der Waals surface area contributed by atoms with E-state index in [1.165, 1.54) is 38.6 Å². The van der Waals surface area contributed by atoms with Crippen LogP contribution in [0.5, 0.6) is 0 Å². The Kier molecular flexibility index (Phi) is 6.55. The Bertz CT molecular complexity index is 588. The number of aromatic nitrogens is 4. The van der Waals surface area contributed by atoms with E-state index in [1.54, 1.807) is 0 Å². The Morgan fingerprint density at radius 2 is 1.23 bits per heavy atom. The van der Waals surface area contributed by atoms with Crippen LogP contribution >= 0.6 is 0 Å². The summed E-state index contributed by atoms with van der Waals surface area (Å²) < 4.78 is 0. The molecule has 0 aliphatic heterocycles. The van der Waals surface area contributed by atoms with Crippen molar-refractivity contribution in [2.24, 2.45) is 0 Å². The van der Waals surface area contributed by atoms with E-state index in [-0.39, 0.29) is 47.6 Å². The van der Waals surface area contributed by atoms with Gasteiger partial charge in [-0.25, -0.2) is 9.97 Å². The first kappa shape index (κ1) is 17.2. The van der Waals surface area contributed by atoms with Crippen LogP contribution in [-0.4, -0.2) is 43.1 Å². The van der Waals surface area contributed by atoms with Crippen LogP contribution in [0.25, 0.3) is 0 Å². The number of aromatic amines is 2. The Balaban J connectivity index is 0.000000295. The second-order valence-corrected chi connectivity index (χ2v) is 4.48. The second kappa shape index (κ2) is 8.40. The number of nitrogens with one attached hydrogen (secondary N) is 2. The van der Waals surface area contributed by atoms with Crippen molar-refractivity contribution in [2.75, 3.05) is 0 Å². The number of hydrogen-bond acceptors (Lipinski definition) is 6. The highest BCUT2D eigenvalue weighted by Crippen LogP contribution is 2.01. The molecule has 0 saturated carbocycles. The van der Waals surface area contributed by atoms with Gasteiger partial charge in [-0.15, -0.1) is 0 Å². The molecule has 0 spiro atoms. The molecule has 2 N–H and O–H groups in total. The van der Waals surface area contributed by atoms with E-state index in [2.05, 4.69) is 19.9 Å². The molecule has 8 nitrogen and oxygen atoms in total. The lowest BCUT2D eigenvalue weighted by Gasteiger charge is -1.94. The number of imidazole rings is 2. The number of hydrogen-bond donors (Lipinski definition) is 2. The zero-order chi connectivity index (χ0) is 16.5. The van der Waals surface area contributed by atoms with Crippen molar-refractivity contribution >= 4 is 23.1 Å². The van der Waals surface area contributed by atoms with Crippen LogP contribution in [-0.2, 0) is 9.59 Å². The number of nitrogens with zero attached hydrogens (tertiary/aromatic N) is 2. The molecule has 0 aliphatic rings. The van der Waals surface area contributed by atoms with Gasteiger partial charge in [-0.3, -0.25) is 19.2 Å². The van der Waals surface area contributed by atoms with Gasteiger partial charge in [-0.2, -0.15) is 0 Å². The smallest absolute Gasteiger partial charge is 0.205 e. The molecule has 0 saturated heterocycles. The third-order valence-electron chi connectivity index (χ3n) is 2.34. The molecule has 2 heterocycles.